The van der Waals surface area contributed by atoms with Crippen molar-refractivity contribution in [2.45, 2.75) is 57.0 Å². The van der Waals surface area contributed by atoms with Crippen LogP contribution in [0.15, 0.2) is 48.5 Å². The van der Waals surface area contributed by atoms with Crippen LogP contribution in [0.5, 0.6) is 0 Å². The number of benzene rings is 2. The monoisotopic (exact) mass is 476 g/mol. The summed E-state index contributed by atoms with van der Waals surface area (Å²) in [7, 11) is 0. The van der Waals surface area contributed by atoms with Gasteiger partial charge in [-0.1, -0.05) is 55.0 Å². The third-order valence-corrected chi connectivity index (χ3v) is 8.04. The molecule has 1 aliphatic heterocycles. The number of nitrogens with one attached hydrogen (secondary N) is 1. The molecular formula is C28H32N2O5. The number of carbonyl (C=O) groups excluding carboxylic acids is 2. The number of hydrogen-bond acceptors (Lipinski definition) is 4. The second-order valence-corrected chi connectivity index (χ2v) is 10.0. The summed E-state index contributed by atoms with van der Waals surface area (Å²) >= 11 is 0. The molecule has 2 N–H and O–H groups in total. The van der Waals surface area contributed by atoms with Gasteiger partial charge in [0.05, 0.1) is 5.92 Å². The van der Waals surface area contributed by atoms with Gasteiger partial charge in [-0.05, 0) is 54.9 Å². The zero-order chi connectivity index (χ0) is 24.5. The van der Waals surface area contributed by atoms with Crippen LogP contribution in [0.2, 0.25) is 0 Å². The maximum Gasteiger partial charge on any atom is 0.407 e. The number of hydrogen-bond donors (Lipinski definition) is 2. The highest BCUT2D eigenvalue weighted by atomic mass is 16.5. The maximum atomic E-state index is 13.1. The van der Waals surface area contributed by atoms with E-state index in [1.165, 1.54) is 22.3 Å². The van der Waals surface area contributed by atoms with Gasteiger partial charge >= 0.3 is 12.1 Å². The van der Waals surface area contributed by atoms with Crippen molar-refractivity contribution in [2.24, 2.45) is 11.8 Å². The Morgan fingerprint density at radius 3 is 2.29 bits per heavy atom. The summed E-state index contributed by atoms with van der Waals surface area (Å²) in [4.78, 5) is 39.0. The van der Waals surface area contributed by atoms with Gasteiger partial charge in [-0.15, -0.1) is 0 Å². The molecule has 7 heteroatoms. The summed E-state index contributed by atoms with van der Waals surface area (Å²) in [6.07, 6.45) is 3.02. The summed E-state index contributed by atoms with van der Waals surface area (Å²) in [6.45, 7) is 2.56. The van der Waals surface area contributed by atoms with E-state index in [1.54, 1.807) is 4.90 Å². The summed E-state index contributed by atoms with van der Waals surface area (Å²) in [5, 5.41) is 12.4. The van der Waals surface area contributed by atoms with Crippen molar-refractivity contribution in [3.05, 3.63) is 59.7 Å². The van der Waals surface area contributed by atoms with Crippen LogP contribution >= 0.6 is 0 Å². The number of carboxylic acid groups (broad SMARTS) is 1. The third kappa shape index (κ3) is 4.51. The van der Waals surface area contributed by atoms with E-state index in [9.17, 15) is 19.5 Å². The Balaban J connectivity index is 1.17. The maximum absolute atomic E-state index is 13.1. The molecule has 2 aromatic rings. The van der Waals surface area contributed by atoms with E-state index < -0.39 is 18.0 Å². The lowest BCUT2D eigenvalue weighted by Crippen LogP contribution is -2.46. The van der Waals surface area contributed by atoms with Crippen molar-refractivity contribution < 1.29 is 24.2 Å². The lowest BCUT2D eigenvalue weighted by atomic mass is 9.84. The number of carbonyl (C=O) groups is 3. The SMILES string of the molecule is CC1C(C(=O)O)CCN1C(=O)[C@@H]1CCC[C@@H](NC(=O)OCC2c3ccccc3-c3ccccc32)C1. The van der Waals surface area contributed by atoms with Crippen LogP contribution in [-0.2, 0) is 14.3 Å². The second-order valence-electron chi connectivity index (χ2n) is 10.0. The smallest absolute Gasteiger partial charge is 0.407 e. The van der Waals surface area contributed by atoms with E-state index in [2.05, 4.69) is 29.6 Å². The summed E-state index contributed by atoms with van der Waals surface area (Å²) < 4.78 is 5.68. The number of amides is 2. The average Bonchev–Trinajstić information content (AvgIpc) is 3.40. The first-order valence-corrected chi connectivity index (χ1v) is 12.6. The minimum atomic E-state index is -0.841. The fourth-order valence-corrected chi connectivity index (χ4v) is 6.17. The zero-order valence-corrected chi connectivity index (χ0v) is 20.0. The number of nitrogens with zero attached hydrogens (tertiary/aromatic N) is 1. The molecule has 1 saturated carbocycles. The van der Waals surface area contributed by atoms with E-state index in [1.807, 2.05) is 31.2 Å². The standard InChI is InChI=1S/C28H32N2O5/c1-17-20(27(32)33)13-14-30(17)26(31)18-7-6-8-19(15-18)29-28(34)35-16-25-23-11-4-2-9-21(23)22-10-3-5-12-24(22)25/h2-5,9-12,17-20,25H,6-8,13-16H2,1H3,(H,29,34)(H,32,33)/t17?,18-,19-,20?/m1/s1. The molecule has 0 radical (unpaired) electrons. The molecule has 2 aliphatic carbocycles. The second kappa shape index (κ2) is 9.72. The van der Waals surface area contributed by atoms with Gasteiger partial charge in [0.2, 0.25) is 5.91 Å². The highest BCUT2D eigenvalue weighted by Crippen LogP contribution is 2.44. The summed E-state index contributed by atoms with van der Waals surface area (Å²) in [5.41, 5.74) is 4.72. The molecule has 0 aromatic heterocycles. The first kappa shape index (κ1) is 23.4. The topological polar surface area (TPSA) is 95.9 Å². The molecule has 4 atom stereocenters. The van der Waals surface area contributed by atoms with Crippen molar-refractivity contribution in [1.29, 1.82) is 0 Å². The van der Waals surface area contributed by atoms with Crippen LogP contribution in [0, 0.1) is 11.8 Å². The van der Waals surface area contributed by atoms with Gasteiger partial charge < -0.3 is 20.1 Å². The predicted octanol–water partition coefficient (Wildman–Crippen LogP) is 4.41. The number of likely N-dealkylation sites (tertiary alicyclic amines) is 1. The lowest BCUT2D eigenvalue weighted by molar-refractivity contribution is -0.144. The van der Waals surface area contributed by atoms with Crippen LogP contribution < -0.4 is 5.32 Å². The van der Waals surface area contributed by atoms with Gasteiger partial charge in [-0.2, -0.15) is 0 Å². The normalized spacial score (nSPS) is 25.6. The summed E-state index contributed by atoms with van der Waals surface area (Å²) in [6, 6.07) is 16.0. The van der Waals surface area contributed by atoms with Crippen LogP contribution in [0.25, 0.3) is 11.1 Å². The zero-order valence-electron chi connectivity index (χ0n) is 20.0. The number of ether oxygens (including phenoxy) is 1. The Morgan fingerprint density at radius 1 is 1.00 bits per heavy atom. The van der Waals surface area contributed by atoms with Gasteiger partial charge in [-0.25, -0.2) is 4.79 Å². The number of alkyl carbamates (subject to hydrolysis) is 1. The van der Waals surface area contributed by atoms with Crippen molar-refractivity contribution in [2.75, 3.05) is 13.2 Å². The Kier molecular flexibility index (Phi) is 6.50. The number of fused-ring (bicyclic) bond motifs is 3. The van der Waals surface area contributed by atoms with E-state index in [0.717, 1.165) is 19.3 Å². The van der Waals surface area contributed by atoms with Crippen molar-refractivity contribution >= 4 is 18.0 Å². The first-order chi connectivity index (χ1) is 16.9. The minimum absolute atomic E-state index is 0.00710. The molecule has 35 heavy (non-hydrogen) atoms. The van der Waals surface area contributed by atoms with Crippen LogP contribution in [0.1, 0.15) is 56.1 Å². The Morgan fingerprint density at radius 2 is 1.66 bits per heavy atom. The molecule has 1 saturated heterocycles. The summed E-state index contributed by atoms with van der Waals surface area (Å²) in [5.74, 6) is -1.52. The van der Waals surface area contributed by atoms with Gasteiger partial charge in [0, 0.05) is 30.5 Å². The van der Waals surface area contributed by atoms with Crippen molar-refractivity contribution in [3.63, 3.8) is 0 Å². The molecule has 184 valence electrons. The number of rotatable bonds is 5. The van der Waals surface area contributed by atoms with E-state index in [4.69, 9.17) is 4.74 Å². The molecule has 0 bridgehead atoms. The Labute approximate surface area is 205 Å². The molecule has 5 rings (SSSR count). The van der Waals surface area contributed by atoms with Crippen LogP contribution in [-0.4, -0.2) is 53.2 Å². The van der Waals surface area contributed by atoms with E-state index in [0.29, 0.717) is 19.4 Å². The fourth-order valence-electron chi connectivity index (χ4n) is 6.17. The molecule has 7 nitrogen and oxygen atoms in total. The molecule has 1 heterocycles. The Hall–Kier alpha value is -3.35. The molecule has 2 aromatic carbocycles. The van der Waals surface area contributed by atoms with Crippen molar-refractivity contribution in [3.8, 4) is 11.1 Å². The van der Waals surface area contributed by atoms with Crippen LogP contribution in [0.3, 0.4) is 0 Å². The molecular weight excluding hydrogens is 444 g/mol. The van der Waals surface area contributed by atoms with Gasteiger partial charge in [-0.3, -0.25) is 9.59 Å². The molecule has 2 amide bonds. The minimum Gasteiger partial charge on any atom is -0.481 e. The van der Waals surface area contributed by atoms with Crippen LogP contribution in [0.4, 0.5) is 4.79 Å². The highest BCUT2D eigenvalue weighted by Gasteiger charge is 2.41. The van der Waals surface area contributed by atoms with Gasteiger partial charge in [0.25, 0.3) is 0 Å². The van der Waals surface area contributed by atoms with Gasteiger partial charge in [0.1, 0.15) is 6.61 Å². The molecule has 2 unspecified atom stereocenters. The van der Waals surface area contributed by atoms with E-state index in [-0.39, 0.29) is 36.4 Å². The average molecular weight is 477 g/mol. The molecule has 2 fully saturated rings. The van der Waals surface area contributed by atoms with Gasteiger partial charge in [0.15, 0.2) is 0 Å². The quantitative estimate of drug-likeness (QED) is 0.667. The largest absolute Gasteiger partial charge is 0.481 e. The Bertz CT molecular complexity index is 1090. The molecule has 0 spiro atoms. The third-order valence-electron chi connectivity index (χ3n) is 8.04. The van der Waals surface area contributed by atoms with Crippen molar-refractivity contribution in [1.82, 2.24) is 10.2 Å². The van der Waals surface area contributed by atoms with E-state index >= 15 is 0 Å². The number of carboxylic acids is 1. The fraction of sp³-hybridized carbons (Fsp3) is 0.464. The predicted molar refractivity (Wildman–Crippen MR) is 131 cm³/mol. The molecule has 3 aliphatic rings. The first-order valence-electron chi connectivity index (χ1n) is 12.6. The highest BCUT2D eigenvalue weighted by molar-refractivity contribution is 5.82. The number of aliphatic carboxylic acids is 1. The lowest BCUT2D eigenvalue weighted by Gasteiger charge is -2.33.